The second kappa shape index (κ2) is 11.7. The number of anilines is 1. The molecule has 1 aliphatic heterocycles. The van der Waals surface area contributed by atoms with Gasteiger partial charge in [-0.15, -0.1) is 0 Å². The number of nitrogens with zero attached hydrogens (tertiary/aromatic N) is 4. The molecule has 8 heteroatoms. The van der Waals surface area contributed by atoms with Gasteiger partial charge in [-0.3, -0.25) is 4.79 Å². The third-order valence-electron chi connectivity index (χ3n) is 8.32. The van der Waals surface area contributed by atoms with Crippen molar-refractivity contribution in [2.45, 2.75) is 89.3 Å². The molecule has 2 fully saturated rings. The molecule has 3 heterocycles. The number of hydrogen-bond acceptors (Lipinski definition) is 6. The Morgan fingerprint density at radius 2 is 1.89 bits per heavy atom. The number of amides is 1. The predicted octanol–water partition coefficient (Wildman–Crippen LogP) is 5.54. The van der Waals surface area contributed by atoms with E-state index in [1.807, 2.05) is 35.4 Å². The van der Waals surface area contributed by atoms with Crippen LogP contribution in [0, 0.1) is 0 Å². The van der Waals surface area contributed by atoms with E-state index in [1.54, 1.807) is 7.11 Å². The number of fused-ring (bicyclic) bond motifs is 1. The normalized spacial score (nSPS) is 21.4. The molecule has 1 amide bonds. The zero-order valence-electron chi connectivity index (χ0n) is 22.9. The summed E-state index contributed by atoms with van der Waals surface area (Å²) in [6, 6.07) is 8.09. The third kappa shape index (κ3) is 5.51. The van der Waals surface area contributed by atoms with Crippen LogP contribution in [0.2, 0.25) is 0 Å². The molecule has 5 rings (SSSR count). The largest absolute Gasteiger partial charge is 0.496 e. The van der Waals surface area contributed by atoms with E-state index in [0.29, 0.717) is 48.4 Å². The number of likely N-dealkylation sites (tertiary alicyclic amines) is 1. The summed E-state index contributed by atoms with van der Waals surface area (Å²) in [5.41, 5.74) is 2.88. The summed E-state index contributed by atoms with van der Waals surface area (Å²) in [6.07, 6.45) is 11.6. The summed E-state index contributed by atoms with van der Waals surface area (Å²) in [6.45, 7) is 5.77. The van der Waals surface area contributed by atoms with E-state index in [4.69, 9.17) is 14.7 Å². The molecule has 1 saturated carbocycles. The molecule has 0 radical (unpaired) electrons. The van der Waals surface area contributed by atoms with E-state index in [1.165, 1.54) is 5.56 Å². The molecule has 1 aromatic carbocycles. The van der Waals surface area contributed by atoms with Crippen molar-refractivity contribution in [3.63, 3.8) is 0 Å². The number of rotatable bonds is 8. The van der Waals surface area contributed by atoms with Crippen LogP contribution in [0.5, 0.6) is 5.75 Å². The number of aliphatic hydroxyl groups excluding tert-OH is 1. The van der Waals surface area contributed by atoms with E-state index in [0.717, 1.165) is 62.4 Å². The van der Waals surface area contributed by atoms with Crippen LogP contribution in [0.15, 0.2) is 36.7 Å². The summed E-state index contributed by atoms with van der Waals surface area (Å²) in [5, 5.41) is 14.7. The summed E-state index contributed by atoms with van der Waals surface area (Å²) in [4.78, 5) is 24.9. The van der Waals surface area contributed by atoms with Gasteiger partial charge in [0.05, 0.1) is 18.8 Å². The Kier molecular flexibility index (Phi) is 8.17. The first-order valence-corrected chi connectivity index (χ1v) is 14.2. The number of piperidine rings is 1. The predicted molar refractivity (Wildman–Crippen MR) is 150 cm³/mol. The van der Waals surface area contributed by atoms with Crippen LogP contribution in [0.3, 0.4) is 0 Å². The molecule has 204 valence electrons. The van der Waals surface area contributed by atoms with Gasteiger partial charge in [0, 0.05) is 43.0 Å². The van der Waals surface area contributed by atoms with Gasteiger partial charge in [0.2, 0.25) is 5.95 Å². The van der Waals surface area contributed by atoms with Crippen molar-refractivity contribution in [2.75, 3.05) is 25.5 Å². The van der Waals surface area contributed by atoms with Gasteiger partial charge in [0.1, 0.15) is 11.4 Å². The molecule has 1 aliphatic carbocycles. The summed E-state index contributed by atoms with van der Waals surface area (Å²) < 4.78 is 7.77. The third-order valence-corrected chi connectivity index (χ3v) is 8.32. The fourth-order valence-corrected chi connectivity index (χ4v) is 6.17. The van der Waals surface area contributed by atoms with Crippen molar-refractivity contribution in [3.8, 4) is 5.75 Å². The average Bonchev–Trinajstić information content (AvgIpc) is 3.32. The number of ether oxygens (including phenoxy) is 1. The van der Waals surface area contributed by atoms with Gasteiger partial charge < -0.3 is 24.6 Å². The highest BCUT2D eigenvalue weighted by Gasteiger charge is 2.30. The van der Waals surface area contributed by atoms with Crippen LogP contribution in [0.1, 0.15) is 93.1 Å². The maximum atomic E-state index is 13.2. The Morgan fingerprint density at radius 1 is 1.16 bits per heavy atom. The average molecular weight is 520 g/mol. The smallest absolute Gasteiger partial charge is 0.257 e. The summed E-state index contributed by atoms with van der Waals surface area (Å²) in [5.74, 6) is 1.67. The summed E-state index contributed by atoms with van der Waals surface area (Å²) in [7, 11) is 1.61. The van der Waals surface area contributed by atoms with Crippen LogP contribution < -0.4 is 10.1 Å². The monoisotopic (exact) mass is 519 g/mol. The highest BCUT2D eigenvalue weighted by Crippen LogP contribution is 2.38. The fraction of sp³-hybridized carbons (Fsp3) is 0.567. The number of hydrogen-bond donors (Lipinski definition) is 2. The number of carbonyl (C=O) groups excluding carboxylic acids is 1. The number of para-hydroxylation sites is 1. The number of aliphatic hydroxyl groups is 1. The lowest BCUT2D eigenvalue weighted by Crippen LogP contribution is -2.38. The van der Waals surface area contributed by atoms with Crippen molar-refractivity contribution in [1.82, 2.24) is 19.4 Å². The van der Waals surface area contributed by atoms with Gasteiger partial charge in [0.15, 0.2) is 0 Å². The van der Waals surface area contributed by atoms with Gasteiger partial charge in [-0.05, 0) is 75.5 Å². The fourth-order valence-electron chi connectivity index (χ4n) is 6.17. The lowest BCUT2D eigenvalue weighted by Gasteiger charge is -2.32. The molecule has 1 unspecified atom stereocenters. The molecule has 0 spiro atoms. The van der Waals surface area contributed by atoms with Gasteiger partial charge in [-0.1, -0.05) is 25.5 Å². The van der Waals surface area contributed by atoms with E-state index in [2.05, 4.69) is 29.9 Å². The van der Waals surface area contributed by atoms with E-state index < -0.39 is 0 Å². The number of benzene rings is 1. The van der Waals surface area contributed by atoms with Crippen molar-refractivity contribution in [3.05, 3.63) is 47.8 Å². The highest BCUT2D eigenvalue weighted by molar-refractivity contribution is 5.97. The van der Waals surface area contributed by atoms with E-state index >= 15 is 0 Å². The van der Waals surface area contributed by atoms with E-state index in [9.17, 15) is 9.90 Å². The summed E-state index contributed by atoms with van der Waals surface area (Å²) >= 11 is 0. The SMILES string of the molecule is CCCC(C)Nc1ncc2c(C3CCN(C(=O)c4ccccc4OC)CC3)cn(C3CCC(O)CC3)c2n1. The van der Waals surface area contributed by atoms with Gasteiger partial charge >= 0.3 is 0 Å². The minimum absolute atomic E-state index is 0.0318. The minimum Gasteiger partial charge on any atom is -0.496 e. The Labute approximate surface area is 225 Å². The van der Waals surface area contributed by atoms with Gasteiger partial charge in [-0.2, -0.15) is 4.98 Å². The molecule has 2 aromatic heterocycles. The molecular weight excluding hydrogens is 478 g/mol. The topological polar surface area (TPSA) is 92.5 Å². The minimum atomic E-state index is -0.195. The molecule has 1 atom stereocenters. The molecule has 38 heavy (non-hydrogen) atoms. The van der Waals surface area contributed by atoms with Crippen LogP contribution in [-0.2, 0) is 0 Å². The molecule has 3 aromatic rings. The Balaban J connectivity index is 1.38. The Bertz CT molecular complexity index is 1240. The maximum Gasteiger partial charge on any atom is 0.257 e. The number of methoxy groups -OCH3 is 1. The van der Waals surface area contributed by atoms with Crippen molar-refractivity contribution >= 4 is 22.9 Å². The van der Waals surface area contributed by atoms with Crippen molar-refractivity contribution in [1.29, 1.82) is 0 Å². The van der Waals surface area contributed by atoms with Crippen LogP contribution in [-0.4, -0.2) is 62.8 Å². The number of carbonyl (C=O) groups is 1. The van der Waals surface area contributed by atoms with Gasteiger partial charge in [0.25, 0.3) is 5.91 Å². The number of aromatic nitrogens is 3. The second-order valence-corrected chi connectivity index (χ2v) is 11.0. The van der Waals surface area contributed by atoms with Crippen molar-refractivity contribution < 1.29 is 14.6 Å². The molecule has 2 aliphatic rings. The molecule has 1 saturated heterocycles. The molecule has 2 N–H and O–H groups in total. The highest BCUT2D eigenvalue weighted by atomic mass is 16.5. The van der Waals surface area contributed by atoms with Crippen LogP contribution >= 0.6 is 0 Å². The standard InChI is InChI=1S/C30H41N5O3/c1-4-7-20(2)32-30-31-18-25-26(19-35(28(25)33-30)22-10-12-23(36)13-11-22)21-14-16-34(17-15-21)29(37)24-8-5-6-9-27(24)38-3/h5-6,8-9,18-23,36H,4,7,10-17H2,1-3H3,(H,31,32,33). The Hall–Kier alpha value is -3.13. The first-order valence-electron chi connectivity index (χ1n) is 14.2. The quantitative estimate of drug-likeness (QED) is 0.406. The lowest BCUT2D eigenvalue weighted by molar-refractivity contribution is 0.0709. The van der Waals surface area contributed by atoms with Gasteiger partial charge in [-0.25, -0.2) is 4.98 Å². The van der Waals surface area contributed by atoms with Crippen LogP contribution in [0.25, 0.3) is 11.0 Å². The molecular formula is C30H41N5O3. The zero-order chi connectivity index (χ0) is 26.6. The first-order chi connectivity index (χ1) is 18.5. The molecule has 8 nitrogen and oxygen atoms in total. The van der Waals surface area contributed by atoms with E-state index in [-0.39, 0.29) is 12.0 Å². The Morgan fingerprint density at radius 3 is 2.61 bits per heavy atom. The zero-order valence-corrected chi connectivity index (χ0v) is 22.9. The van der Waals surface area contributed by atoms with Crippen LogP contribution in [0.4, 0.5) is 5.95 Å². The first kappa shape index (κ1) is 26.5. The molecule has 0 bridgehead atoms. The lowest BCUT2D eigenvalue weighted by atomic mass is 9.89. The van der Waals surface area contributed by atoms with Crippen molar-refractivity contribution in [2.24, 2.45) is 0 Å². The number of nitrogens with one attached hydrogen (secondary N) is 1. The maximum absolute atomic E-state index is 13.2. The second-order valence-electron chi connectivity index (χ2n) is 11.0.